The van der Waals surface area contributed by atoms with Crippen LogP contribution in [-0.2, 0) is 0 Å². The van der Waals surface area contributed by atoms with Gasteiger partial charge in [0.2, 0.25) is 0 Å². The molecule has 0 bridgehead atoms. The zero-order valence-corrected chi connectivity index (χ0v) is 16.2. The summed E-state index contributed by atoms with van der Waals surface area (Å²) in [6, 6.07) is 16.4. The predicted octanol–water partition coefficient (Wildman–Crippen LogP) is 3.80. The topological polar surface area (TPSA) is 79.6 Å². The molecule has 2 heterocycles. The second-order valence-electron chi connectivity index (χ2n) is 7.21. The van der Waals surface area contributed by atoms with Crippen LogP contribution in [0.25, 0.3) is 10.9 Å². The Morgan fingerprint density at radius 3 is 2.59 bits per heavy atom. The van der Waals surface area contributed by atoms with Crippen molar-refractivity contribution in [1.82, 2.24) is 9.88 Å². The summed E-state index contributed by atoms with van der Waals surface area (Å²) >= 11 is 0. The number of rotatable bonds is 3. The minimum Gasteiger partial charge on any atom is -0.369 e. The third-order valence-electron chi connectivity index (χ3n) is 5.27. The van der Waals surface area contributed by atoms with E-state index in [1.54, 1.807) is 6.07 Å². The molecule has 0 aliphatic carbocycles. The van der Waals surface area contributed by atoms with Gasteiger partial charge in [-0.25, -0.2) is 4.98 Å². The van der Waals surface area contributed by atoms with Crippen LogP contribution in [-0.4, -0.2) is 46.9 Å². The lowest BCUT2D eigenvalue weighted by Gasteiger charge is -2.25. The molecule has 4 rings (SSSR count). The number of amides is 1. The number of nitro groups is 1. The van der Waals surface area contributed by atoms with Gasteiger partial charge < -0.3 is 9.80 Å². The van der Waals surface area contributed by atoms with E-state index in [-0.39, 0.29) is 16.5 Å². The normalized spacial score (nSPS) is 14.7. The van der Waals surface area contributed by atoms with Gasteiger partial charge in [-0.1, -0.05) is 30.3 Å². The zero-order valence-electron chi connectivity index (χ0n) is 16.2. The highest BCUT2D eigenvalue weighted by atomic mass is 16.6. The van der Waals surface area contributed by atoms with E-state index in [9.17, 15) is 14.9 Å². The van der Waals surface area contributed by atoms with E-state index in [0.29, 0.717) is 30.7 Å². The highest BCUT2D eigenvalue weighted by Crippen LogP contribution is 2.32. The van der Waals surface area contributed by atoms with Crippen molar-refractivity contribution in [2.24, 2.45) is 0 Å². The van der Waals surface area contributed by atoms with Gasteiger partial charge in [-0.05, 0) is 31.5 Å². The van der Waals surface area contributed by atoms with E-state index < -0.39 is 0 Å². The molecule has 2 aromatic carbocycles. The molecule has 0 saturated carbocycles. The van der Waals surface area contributed by atoms with Crippen LogP contribution >= 0.6 is 0 Å². The lowest BCUT2D eigenvalue weighted by Crippen LogP contribution is -2.35. The lowest BCUT2D eigenvalue weighted by molar-refractivity contribution is -0.383. The first-order valence-corrected chi connectivity index (χ1v) is 9.68. The van der Waals surface area contributed by atoms with Crippen molar-refractivity contribution < 1.29 is 9.72 Å². The Morgan fingerprint density at radius 1 is 1.03 bits per heavy atom. The molecule has 0 radical (unpaired) electrons. The fourth-order valence-corrected chi connectivity index (χ4v) is 3.87. The second kappa shape index (κ2) is 7.87. The molecule has 148 valence electrons. The number of benzene rings is 2. The molecule has 1 aliphatic heterocycles. The number of carbonyl (C=O) groups excluding carboxylic acids is 1. The van der Waals surface area contributed by atoms with Gasteiger partial charge in [0.05, 0.1) is 4.92 Å². The van der Waals surface area contributed by atoms with E-state index in [1.165, 1.54) is 6.07 Å². The molecule has 1 aliphatic rings. The number of non-ortho nitro benzene ring substituents is 1. The summed E-state index contributed by atoms with van der Waals surface area (Å²) in [5.74, 6) is 0.0406. The number of hydrogen-bond acceptors (Lipinski definition) is 5. The first-order chi connectivity index (χ1) is 14.0. The van der Waals surface area contributed by atoms with E-state index in [4.69, 9.17) is 0 Å². The second-order valence-corrected chi connectivity index (χ2v) is 7.21. The molecule has 0 atom stereocenters. The number of carbonyl (C=O) groups is 1. The Hall–Kier alpha value is -3.48. The fraction of sp³-hybridized carbons (Fsp3) is 0.273. The van der Waals surface area contributed by atoms with Crippen LogP contribution in [0.15, 0.2) is 54.6 Å². The summed E-state index contributed by atoms with van der Waals surface area (Å²) in [7, 11) is 0. The maximum atomic E-state index is 12.8. The molecule has 0 N–H and O–H groups in total. The summed E-state index contributed by atoms with van der Waals surface area (Å²) < 4.78 is 0. The molecule has 1 amide bonds. The van der Waals surface area contributed by atoms with Gasteiger partial charge in [0.25, 0.3) is 11.6 Å². The van der Waals surface area contributed by atoms with Crippen LogP contribution in [0.2, 0.25) is 0 Å². The van der Waals surface area contributed by atoms with Crippen molar-refractivity contribution in [2.75, 3.05) is 31.1 Å². The monoisotopic (exact) mass is 390 g/mol. The summed E-state index contributed by atoms with van der Waals surface area (Å²) in [4.78, 5) is 32.4. The minimum absolute atomic E-state index is 0.0168. The fourth-order valence-electron chi connectivity index (χ4n) is 3.87. The summed E-state index contributed by atoms with van der Waals surface area (Å²) in [5, 5.41) is 12.2. The average molecular weight is 390 g/mol. The zero-order chi connectivity index (χ0) is 20.4. The maximum absolute atomic E-state index is 12.8. The predicted molar refractivity (Wildman–Crippen MR) is 112 cm³/mol. The number of aryl methyl sites for hydroxylation is 1. The number of nitrogens with zero attached hydrogens (tertiary/aromatic N) is 4. The quantitative estimate of drug-likeness (QED) is 0.502. The van der Waals surface area contributed by atoms with Crippen LogP contribution < -0.4 is 4.90 Å². The lowest BCUT2D eigenvalue weighted by atomic mass is 10.1. The smallest absolute Gasteiger partial charge is 0.295 e. The third kappa shape index (κ3) is 3.76. The minimum atomic E-state index is -0.388. The molecule has 1 aromatic heterocycles. The molecule has 1 fully saturated rings. The van der Waals surface area contributed by atoms with Crippen molar-refractivity contribution in [3.63, 3.8) is 0 Å². The highest BCUT2D eigenvalue weighted by Gasteiger charge is 2.23. The van der Waals surface area contributed by atoms with Crippen molar-refractivity contribution >= 4 is 28.2 Å². The van der Waals surface area contributed by atoms with E-state index in [2.05, 4.69) is 9.88 Å². The number of fused-ring (bicyclic) bond motifs is 1. The van der Waals surface area contributed by atoms with Gasteiger partial charge in [0.15, 0.2) is 5.52 Å². The molecule has 3 aromatic rings. The van der Waals surface area contributed by atoms with Crippen molar-refractivity contribution in [3.8, 4) is 0 Å². The van der Waals surface area contributed by atoms with Gasteiger partial charge in [0, 0.05) is 54.6 Å². The van der Waals surface area contributed by atoms with Crippen LogP contribution in [0.1, 0.15) is 22.5 Å². The molecule has 7 nitrogen and oxygen atoms in total. The van der Waals surface area contributed by atoms with Gasteiger partial charge >= 0.3 is 0 Å². The number of hydrogen-bond donors (Lipinski definition) is 0. The SMILES string of the molecule is Cc1cc(N2CCCN(C(=O)c3ccccc3)CC2)c2cccc([N+](=O)[O-])c2n1. The third-order valence-corrected chi connectivity index (χ3v) is 5.27. The first kappa shape index (κ1) is 18.9. The van der Waals surface area contributed by atoms with Crippen LogP contribution in [0.3, 0.4) is 0 Å². The van der Waals surface area contributed by atoms with Crippen LogP contribution in [0, 0.1) is 17.0 Å². The number of pyridine rings is 1. The first-order valence-electron chi connectivity index (χ1n) is 9.68. The van der Waals surface area contributed by atoms with E-state index >= 15 is 0 Å². The Balaban J connectivity index is 1.63. The number of nitro benzene ring substituents is 1. The van der Waals surface area contributed by atoms with Crippen LogP contribution in [0.5, 0.6) is 0 Å². The van der Waals surface area contributed by atoms with E-state index in [0.717, 1.165) is 29.7 Å². The van der Waals surface area contributed by atoms with Gasteiger partial charge in [-0.15, -0.1) is 0 Å². The molecular formula is C22H22N4O3. The Kier molecular flexibility index (Phi) is 5.12. The Morgan fingerprint density at radius 2 is 1.83 bits per heavy atom. The largest absolute Gasteiger partial charge is 0.369 e. The van der Waals surface area contributed by atoms with Crippen molar-refractivity contribution in [1.29, 1.82) is 0 Å². The summed E-state index contributed by atoms with van der Waals surface area (Å²) in [6.45, 7) is 4.58. The number of para-hydroxylation sites is 1. The van der Waals surface area contributed by atoms with Gasteiger partial charge in [-0.2, -0.15) is 0 Å². The molecule has 1 saturated heterocycles. The van der Waals surface area contributed by atoms with Crippen LogP contribution in [0.4, 0.5) is 11.4 Å². The number of anilines is 1. The van der Waals surface area contributed by atoms with Gasteiger partial charge in [0.1, 0.15) is 0 Å². The molecule has 0 spiro atoms. The Bertz CT molecular complexity index is 1070. The van der Waals surface area contributed by atoms with E-state index in [1.807, 2.05) is 54.3 Å². The maximum Gasteiger partial charge on any atom is 0.295 e. The Labute approximate surface area is 168 Å². The standard InChI is InChI=1S/C22H22N4O3/c1-16-15-20(18-9-5-10-19(26(28)29)21(18)23-16)24-11-6-12-25(14-13-24)22(27)17-7-3-2-4-8-17/h2-5,7-10,15H,6,11-14H2,1H3. The van der Waals surface area contributed by atoms with Crippen molar-refractivity contribution in [2.45, 2.75) is 13.3 Å². The van der Waals surface area contributed by atoms with Gasteiger partial charge in [-0.3, -0.25) is 14.9 Å². The van der Waals surface area contributed by atoms with Crippen molar-refractivity contribution in [3.05, 3.63) is 76.0 Å². The summed E-state index contributed by atoms with van der Waals surface area (Å²) in [5.41, 5.74) is 2.80. The average Bonchev–Trinajstić information content (AvgIpc) is 2.99. The molecule has 29 heavy (non-hydrogen) atoms. The highest BCUT2D eigenvalue weighted by molar-refractivity contribution is 5.97. The molecule has 7 heteroatoms. The molecular weight excluding hydrogens is 368 g/mol. The molecule has 0 unspecified atom stereocenters. The number of aromatic nitrogens is 1. The summed E-state index contributed by atoms with van der Waals surface area (Å²) in [6.07, 6.45) is 0.830.